The van der Waals surface area contributed by atoms with Crippen molar-refractivity contribution >= 4 is 34.2 Å². The van der Waals surface area contributed by atoms with E-state index in [1.807, 2.05) is 0 Å². The van der Waals surface area contributed by atoms with E-state index in [-0.39, 0.29) is 28.6 Å². The molecule has 3 aromatic heterocycles. The summed E-state index contributed by atoms with van der Waals surface area (Å²) >= 11 is 1.13. The van der Waals surface area contributed by atoms with Crippen LogP contribution in [0.25, 0.3) is 11.3 Å². The van der Waals surface area contributed by atoms with Crippen LogP contribution in [0.2, 0.25) is 0 Å². The van der Waals surface area contributed by atoms with Crippen molar-refractivity contribution in [2.45, 2.75) is 13.8 Å². The number of esters is 2. The van der Waals surface area contributed by atoms with Gasteiger partial charge in [0.15, 0.2) is 6.61 Å². The molecule has 0 atom stereocenters. The second-order valence-electron chi connectivity index (χ2n) is 5.96. The standard InChI is InChI=1S/C21H20N2O7S/c1-3-27-18-13(7-5-9-22-18)20(25)30-11-16(24)23-19-17(21(26)28-4-2)14(12-31-19)15-8-6-10-29-15/h5-10,12H,3-4,11H2,1-2H3,(H,23,24). The summed E-state index contributed by atoms with van der Waals surface area (Å²) < 4.78 is 20.8. The molecule has 0 spiro atoms. The molecule has 0 bridgehead atoms. The number of furan rings is 1. The predicted molar refractivity (Wildman–Crippen MR) is 112 cm³/mol. The average molecular weight is 444 g/mol. The number of pyridine rings is 1. The molecule has 3 aromatic rings. The van der Waals surface area contributed by atoms with Crippen LogP contribution in [-0.2, 0) is 14.3 Å². The molecule has 0 saturated heterocycles. The number of ether oxygens (including phenoxy) is 3. The Labute approximate surface area is 181 Å². The van der Waals surface area contributed by atoms with Crippen LogP contribution >= 0.6 is 11.3 Å². The van der Waals surface area contributed by atoms with Crippen molar-refractivity contribution in [3.8, 4) is 17.2 Å². The summed E-state index contributed by atoms with van der Waals surface area (Å²) in [6.45, 7) is 3.38. The van der Waals surface area contributed by atoms with E-state index in [9.17, 15) is 14.4 Å². The van der Waals surface area contributed by atoms with Gasteiger partial charge >= 0.3 is 11.9 Å². The first-order chi connectivity index (χ1) is 15.0. The zero-order valence-electron chi connectivity index (χ0n) is 16.9. The molecule has 3 rings (SSSR count). The van der Waals surface area contributed by atoms with E-state index >= 15 is 0 Å². The minimum atomic E-state index is -0.750. The molecule has 0 aromatic carbocycles. The van der Waals surface area contributed by atoms with E-state index in [4.69, 9.17) is 18.6 Å². The van der Waals surface area contributed by atoms with Crippen molar-refractivity contribution in [3.05, 3.63) is 53.2 Å². The van der Waals surface area contributed by atoms with Gasteiger partial charge in [-0.05, 0) is 38.1 Å². The zero-order valence-corrected chi connectivity index (χ0v) is 17.7. The summed E-state index contributed by atoms with van der Waals surface area (Å²) in [7, 11) is 0. The lowest BCUT2D eigenvalue weighted by Gasteiger charge is -2.10. The van der Waals surface area contributed by atoms with Crippen molar-refractivity contribution < 1.29 is 33.0 Å². The number of carbonyl (C=O) groups is 3. The fourth-order valence-corrected chi connectivity index (χ4v) is 3.59. The number of rotatable bonds is 9. The van der Waals surface area contributed by atoms with E-state index in [1.54, 1.807) is 37.4 Å². The molecule has 10 heteroatoms. The van der Waals surface area contributed by atoms with E-state index in [2.05, 4.69) is 10.3 Å². The molecule has 0 saturated carbocycles. The minimum absolute atomic E-state index is 0.112. The van der Waals surface area contributed by atoms with Crippen LogP contribution < -0.4 is 10.1 Å². The highest BCUT2D eigenvalue weighted by atomic mass is 32.1. The quantitative estimate of drug-likeness (QED) is 0.496. The number of amides is 1. The number of nitrogens with zero attached hydrogens (tertiary/aromatic N) is 1. The second kappa shape index (κ2) is 10.4. The number of carbonyl (C=O) groups excluding carboxylic acids is 3. The molecule has 0 aliphatic heterocycles. The molecule has 9 nitrogen and oxygen atoms in total. The fraction of sp³-hybridized carbons (Fsp3) is 0.238. The van der Waals surface area contributed by atoms with Crippen LogP contribution in [0.4, 0.5) is 5.00 Å². The first kappa shape index (κ1) is 22.0. The summed E-state index contributed by atoms with van der Waals surface area (Å²) in [5, 5.41) is 4.54. The van der Waals surface area contributed by atoms with Crippen LogP contribution in [0.5, 0.6) is 5.88 Å². The Morgan fingerprint density at radius 3 is 2.65 bits per heavy atom. The second-order valence-corrected chi connectivity index (χ2v) is 6.84. The van der Waals surface area contributed by atoms with Crippen molar-refractivity contribution in [2.24, 2.45) is 0 Å². The zero-order chi connectivity index (χ0) is 22.2. The number of hydrogen-bond donors (Lipinski definition) is 1. The highest BCUT2D eigenvalue weighted by Crippen LogP contribution is 2.36. The van der Waals surface area contributed by atoms with Crippen molar-refractivity contribution in [3.63, 3.8) is 0 Å². The van der Waals surface area contributed by atoms with E-state index in [1.165, 1.54) is 18.5 Å². The molecular weight excluding hydrogens is 424 g/mol. The number of aromatic nitrogens is 1. The fourth-order valence-electron chi connectivity index (χ4n) is 2.64. The summed E-state index contributed by atoms with van der Waals surface area (Å²) in [6.07, 6.45) is 2.97. The van der Waals surface area contributed by atoms with Crippen molar-refractivity contribution in [2.75, 3.05) is 25.1 Å². The van der Waals surface area contributed by atoms with Gasteiger partial charge in [0, 0.05) is 17.1 Å². The van der Waals surface area contributed by atoms with Gasteiger partial charge in [-0.15, -0.1) is 11.3 Å². The topological polar surface area (TPSA) is 117 Å². The third-order valence-electron chi connectivity index (χ3n) is 3.92. The molecule has 0 unspecified atom stereocenters. The average Bonchev–Trinajstić information content (AvgIpc) is 3.42. The Kier molecular flexibility index (Phi) is 7.39. The van der Waals surface area contributed by atoms with Gasteiger partial charge < -0.3 is 23.9 Å². The lowest BCUT2D eigenvalue weighted by Crippen LogP contribution is -2.22. The Morgan fingerprint density at radius 2 is 1.94 bits per heavy atom. The summed E-state index contributed by atoms with van der Waals surface area (Å²) in [5.74, 6) is -1.37. The first-order valence-corrected chi connectivity index (χ1v) is 10.3. The van der Waals surface area contributed by atoms with E-state index < -0.39 is 24.5 Å². The lowest BCUT2D eigenvalue weighted by atomic mass is 10.1. The maximum atomic E-state index is 12.5. The Hall–Kier alpha value is -3.66. The van der Waals surface area contributed by atoms with Gasteiger partial charge in [-0.3, -0.25) is 4.79 Å². The van der Waals surface area contributed by atoms with Gasteiger partial charge in [0.1, 0.15) is 21.9 Å². The van der Waals surface area contributed by atoms with E-state index in [0.29, 0.717) is 17.9 Å². The molecule has 3 heterocycles. The van der Waals surface area contributed by atoms with Crippen LogP contribution in [0.1, 0.15) is 34.6 Å². The Morgan fingerprint density at radius 1 is 1.10 bits per heavy atom. The Balaban J connectivity index is 1.71. The molecule has 0 aliphatic carbocycles. The summed E-state index contributed by atoms with van der Waals surface area (Å²) in [5.41, 5.74) is 0.783. The lowest BCUT2D eigenvalue weighted by molar-refractivity contribution is -0.119. The third kappa shape index (κ3) is 5.28. The van der Waals surface area contributed by atoms with Gasteiger partial charge in [0.2, 0.25) is 5.88 Å². The summed E-state index contributed by atoms with van der Waals surface area (Å²) in [6, 6.07) is 6.44. The van der Waals surface area contributed by atoms with Crippen LogP contribution in [0.3, 0.4) is 0 Å². The van der Waals surface area contributed by atoms with Crippen LogP contribution in [-0.4, -0.2) is 42.7 Å². The number of anilines is 1. The van der Waals surface area contributed by atoms with Crippen molar-refractivity contribution in [1.29, 1.82) is 0 Å². The molecule has 31 heavy (non-hydrogen) atoms. The first-order valence-electron chi connectivity index (χ1n) is 9.42. The molecule has 162 valence electrons. The Bertz CT molecular complexity index is 1060. The number of hydrogen-bond acceptors (Lipinski definition) is 9. The van der Waals surface area contributed by atoms with Gasteiger partial charge in [-0.2, -0.15) is 0 Å². The van der Waals surface area contributed by atoms with Gasteiger partial charge in [0.05, 0.1) is 19.5 Å². The number of nitrogens with one attached hydrogen (secondary N) is 1. The molecule has 1 amide bonds. The van der Waals surface area contributed by atoms with Crippen LogP contribution in [0, 0.1) is 0 Å². The molecular formula is C21H20N2O7S. The molecule has 1 N–H and O–H groups in total. The highest BCUT2D eigenvalue weighted by molar-refractivity contribution is 7.15. The normalized spacial score (nSPS) is 10.4. The van der Waals surface area contributed by atoms with E-state index in [0.717, 1.165) is 11.3 Å². The molecule has 0 fully saturated rings. The molecule has 0 radical (unpaired) electrons. The highest BCUT2D eigenvalue weighted by Gasteiger charge is 2.24. The van der Waals surface area contributed by atoms with Gasteiger partial charge in [0.25, 0.3) is 5.91 Å². The van der Waals surface area contributed by atoms with Gasteiger partial charge in [-0.25, -0.2) is 14.6 Å². The predicted octanol–water partition coefficient (Wildman–Crippen LogP) is 3.77. The maximum absolute atomic E-state index is 12.5. The smallest absolute Gasteiger partial charge is 0.344 e. The summed E-state index contributed by atoms with van der Waals surface area (Å²) in [4.78, 5) is 41.1. The largest absolute Gasteiger partial charge is 0.477 e. The van der Waals surface area contributed by atoms with Gasteiger partial charge in [-0.1, -0.05) is 0 Å². The molecule has 0 aliphatic rings. The number of thiophene rings is 1. The van der Waals surface area contributed by atoms with Crippen LogP contribution in [0.15, 0.2) is 46.5 Å². The third-order valence-corrected chi connectivity index (χ3v) is 4.81. The monoisotopic (exact) mass is 444 g/mol. The SMILES string of the molecule is CCOC(=O)c1c(-c2ccco2)csc1NC(=O)COC(=O)c1cccnc1OCC. The maximum Gasteiger partial charge on any atom is 0.344 e. The van der Waals surface area contributed by atoms with Crippen molar-refractivity contribution in [1.82, 2.24) is 4.98 Å². The minimum Gasteiger partial charge on any atom is -0.477 e.